The highest BCUT2D eigenvalue weighted by Gasteiger charge is 2.54. The molecule has 1 saturated heterocycles. The van der Waals surface area contributed by atoms with Crippen molar-refractivity contribution in [1.29, 1.82) is 0 Å². The lowest BCUT2D eigenvalue weighted by Crippen LogP contribution is -2.71. The molecule has 0 saturated carbocycles. The lowest BCUT2D eigenvalue weighted by Gasteiger charge is -2.49. The Hall–Kier alpha value is -3.00. The summed E-state index contributed by atoms with van der Waals surface area (Å²) in [4.78, 5) is 65.3. The molecular weight excluding hydrogens is 716 g/mol. The molecule has 0 aliphatic carbocycles. The van der Waals surface area contributed by atoms with Gasteiger partial charge in [0.1, 0.15) is 29.9 Å². The van der Waals surface area contributed by atoms with E-state index < -0.39 is 55.1 Å². The number of thioether (sulfide) groups is 2. The molecule has 256 valence electrons. The van der Waals surface area contributed by atoms with Gasteiger partial charge in [-0.3, -0.25) is 33.4 Å². The summed E-state index contributed by atoms with van der Waals surface area (Å²) in [6.45, 7) is 8.51. The summed E-state index contributed by atoms with van der Waals surface area (Å²) in [6, 6.07) is -1.05. The summed E-state index contributed by atoms with van der Waals surface area (Å²) in [6.07, 6.45) is -1.00. The second-order valence-corrected chi connectivity index (χ2v) is 16.5. The van der Waals surface area contributed by atoms with E-state index >= 15 is 0 Å². The molecule has 0 aromatic carbocycles. The van der Waals surface area contributed by atoms with Gasteiger partial charge in [0.15, 0.2) is 15.2 Å². The number of carboxylic acids is 2. The minimum Gasteiger partial charge on any atom is -0.481 e. The average Bonchev–Trinajstić information content (AvgIpc) is 3.56. The Labute approximate surface area is 286 Å². The van der Waals surface area contributed by atoms with Gasteiger partial charge in [-0.25, -0.2) is 19.3 Å². The smallest absolute Gasteiger partial charge is 0.435 e. The quantitative estimate of drug-likeness (QED) is 0.0631. The molecule has 4 N–H and O–H groups in total. The van der Waals surface area contributed by atoms with Gasteiger partial charge in [-0.15, -0.1) is 34.4 Å². The number of aryl methyl sites for hydroxylation is 1. The van der Waals surface area contributed by atoms with Crippen LogP contribution in [0.15, 0.2) is 26.1 Å². The summed E-state index contributed by atoms with van der Waals surface area (Å²) in [5.74, 6) is -3.15. The first kappa shape index (κ1) is 36.8. The SMILES string of the molecule is CO/N=C(\C(=O)N[C@@H]1C(=O)N2C(C(=O)O)=C(CSc3nc(C)c(CC(=O)O)s3)CS[C@H]12)c1csc(NP(=O)(OC(C)C)OC(C)C)n1. The van der Waals surface area contributed by atoms with E-state index in [0.717, 1.165) is 16.2 Å². The number of carboxylic acid groups (broad SMARTS) is 2. The predicted molar refractivity (Wildman–Crippen MR) is 178 cm³/mol. The molecule has 1 fully saturated rings. The Morgan fingerprint density at radius 1 is 1.19 bits per heavy atom. The van der Waals surface area contributed by atoms with E-state index in [1.807, 2.05) is 0 Å². The number of β-lactam (4-membered cyclic amide) rings is 1. The number of aromatic nitrogens is 2. The van der Waals surface area contributed by atoms with Gasteiger partial charge in [0.25, 0.3) is 11.8 Å². The van der Waals surface area contributed by atoms with E-state index in [1.165, 1.54) is 47.4 Å². The molecule has 2 aliphatic heterocycles. The van der Waals surface area contributed by atoms with E-state index in [2.05, 4.69) is 25.5 Å². The molecule has 16 nitrogen and oxygen atoms in total. The zero-order valence-corrected chi connectivity index (χ0v) is 30.2. The van der Waals surface area contributed by atoms with Gasteiger partial charge in [0.05, 0.1) is 24.3 Å². The van der Waals surface area contributed by atoms with E-state index in [4.69, 9.17) is 19.0 Å². The highest BCUT2D eigenvalue weighted by molar-refractivity contribution is 8.01. The summed E-state index contributed by atoms with van der Waals surface area (Å²) in [7, 11) is -2.57. The molecule has 0 spiro atoms. The summed E-state index contributed by atoms with van der Waals surface area (Å²) in [5, 5.41) is 29.1. The van der Waals surface area contributed by atoms with Crippen LogP contribution in [0.5, 0.6) is 0 Å². The highest BCUT2D eigenvalue weighted by atomic mass is 32.2. The molecular formula is C26H33N6O10PS4. The minimum absolute atomic E-state index is 0.0618. The van der Waals surface area contributed by atoms with Crippen molar-refractivity contribution in [2.75, 3.05) is 23.7 Å². The lowest BCUT2D eigenvalue weighted by atomic mass is 10.0. The number of fused-ring (bicyclic) bond motifs is 1. The molecule has 2 atom stereocenters. The first-order valence-corrected chi connectivity index (χ1v) is 19.2. The van der Waals surface area contributed by atoms with Crippen molar-refractivity contribution < 1.29 is 47.8 Å². The maximum absolute atomic E-state index is 13.3. The van der Waals surface area contributed by atoms with Crippen LogP contribution in [0.3, 0.4) is 0 Å². The third-order valence-electron chi connectivity index (χ3n) is 6.17. The normalized spacial score (nSPS) is 18.3. The van der Waals surface area contributed by atoms with E-state index in [0.29, 0.717) is 20.5 Å². The van der Waals surface area contributed by atoms with E-state index in [9.17, 15) is 28.8 Å². The molecule has 0 unspecified atom stereocenters. The maximum atomic E-state index is 13.3. The fraction of sp³-hybridized carbons (Fsp3) is 0.500. The largest absolute Gasteiger partial charge is 0.481 e. The number of carbonyl (C=O) groups is 4. The van der Waals surface area contributed by atoms with Gasteiger partial charge in [-0.05, 0) is 40.2 Å². The van der Waals surface area contributed by atoms with Crippen LogP contribution in [-0.2, 0) is 44.0 Å². The second kappa shape index (κ2) is 15.5. The van der Waals surface area contributed by atoms with Gasteiger partial charge >= 0.3 is 19.7 Å². The van der Waals surface area contributed by atoms with Gasteiger partial charge in [-0.1, -0.05) is 16.9 Å². The van der Waals surface area contributed by atoms with E-state index in [1.54, 1.807) is 34.6 Å². The first-order valence-electron chi connectivity index (χ1n) is 14.0. The van der Waals surface area contributed by atoms with Crippen LogP contribution in [0.4, 0.5) is 5.13 Å². The topological polar surface area (TPSA) is 219 Å². The van der Waals surface area contributed by atoms with Crippen LogP contribution in [-0.4, -0.2) is 96.8 Å². The summed E-state index contributed by atoms with van der Waals surface area (Å²) < 4.78 is 24.8. The number of amides is 2. The number of thiazole rings is 2. The average molecular weight is 749 g/mol. The zero-order chi connectivity index (χ0) is 34.6. The van der Waals surface area contributed by atoms with Crippen LogP contribution < -0.4 is 10.4 Å². The monoisotopic (exact) mass is 748 g/mol. The Morgan fingerprint density at radius 3 is 2.47 bits per heavy atom. The van der Waals surface area contributed by atoms with Crippen molar-refractivity contribution in [3.05, 3.63) is 32.9 Å². The summed E-state index contributed by atoms with van der Waals surface area (Å²) >= 11 is 4.81. The summed E-state index contributed by atoms with van der Waals surface area (Å²) in [5.41, 5.74) is 0.739. The lowest BCUT2D eigenvalue weighted by molar-refractivity contribution is -0.150. The second-order valence-electron chi connectivity index (χ2n) is 10.5. The van der Waals surface area contributed by atoms with Crippen molar-refractivity contribution in [2.45, 2.75) is 69.0 Å². The van der Waals surface area contributed by atoms with Crippen molar-refractivity contribution >= 4 is 88.5 Å². The Morgan fingerprint density at radius 2 is 1.87 bits per heavy atom. The fourth-order valence-corrected chi connectivity index (χ4v) is 10.7. The number of anilines is 1. The molecule has 2 aliphatic rings. The fourth-order valence-electron chi connectivity index (χ4n) is 4.40. The standard InChI is InChI=1S/C26H33N6O10PS4/c1-11(2)41-43(39,42-12(3)4)31-25-28-15(10-45-25)18(30-40-6)21(35)29-19-22(36)32-20(24(37)38)14(8-44-23(19)32)9-46-26-27-13(5)16(47-26)7-17(33)34/h10-12,19,23H,7-9H2,1-6H3,(H,29,35)(H,33,34)(H,37,38)(H,28,31,39)/b30-18-/t19-,23-/m1/s1. The van der Waals surface area contributed by atoms with Crippen molar-refractivity contribution in [3.63, 3.8) is 0 Å². The zero-order valence-electron chi connectivity index (χ0n) is 26.0. The number of rotatable bonds is 16. The Balaban J connectivity index is 1.45. The van der Waals surface area contributed by atoms with Crippen LogP contribution >= 0.6 is 53.9 Å². The molecule has 0 bridgehead atoms. The molecule has 4 rings (SSSR count). The molecule has 2 aromatic rings. The van der Waals surface area contributed by atoms with Crippen LogP contribution in [0.1, 0.15) is 44.0 Å². The highest BCUT2D eigenvalue weighted by Crippen LogP contribution is 2.50. The number of oxime groups is 1. The molecule has 4 heterocycles. The molecule has 21 heteroatoms. The van der Waals surface area contributed by atoms with Gasteiger partial charge in [0, 0.05) is 21.8 Å². The van der Waals surface area contributed by atoms with Gasteiger partial charge < -0.3 is 20.4 Å². The Kier molecular flexibility index (Phi) is 12.1. The minimum atomic E-state index is -3.81. The van der Waals surface area contributed by atoms with Crippen LogP contribution in [0.2, 0.25) is 0 Å². The Bertz CT molecular complexity index is 1640. The number of hydrogen-bond acceptors (Lipinski definition) is 15. The number of hydrogen-bond donors (Lipinski definition) is 4. The van der Waals surface area contributed by atoms with Crippen LogP contribution in [0.25, 0.3) is 0 Å². The van der Waals surface area contributed by atoms with Gasteiger partial charge in [-0.2, -0.15) is 0 Å². The maximum Gasteiger partial charge on any atom is 0.435 e. The molecule has 47 heavy (non-hydrogen) atoms. The predicted octanol–water partition coefficient (Wildman–Crippen LogP) is 3.79. The number of carbonyl (C=O) groups excluding carboxylic acids is 2. The van der Waals surface area contributed by atoms with Crippen molar-refractivity contribution in [3.8, 4) is 0 Å². The number of nitrogens with zero attached hydrogens (tertiary/aromatic N) is 4. The number of nitrogens with one attached hydrogen (secondary N) is 2. The first-order chi connectivity index (χ1) is 22.1. The molecule has 2 aromatic heterocycles. The third kappa shape index (κ3) is 8.92. The van der Waals surface area contributed by atoms with Crippen molar-refractivity contribution in [2.24, 2.45) is 5.16 Å². The van der Waals surface area contributed by atoms with Crippen LogP contribution in [0, 0.1) is 6.92 Å². The third-order valence-corrected chi connectivity index (χ3v) is 12.7. The molecule has 2 amide bonds. The number of aliphatic carboxylic acids is 2. The van der Waals surface area contributed by atoms with Crippen molar-refractivity contribution in [1.82, 2.24) is 20.2 Å². The van der Waals surface area contributed by atoms with Gasteiger partial charge in [0.2, 0.25) is 0 Å². The van der Waals surface area contributed by atoms with E-state index in [-0.39, 0.29) is 40.2 Å². The molecule has 0 radical (unpaired) electrons.